The van der Waals surface area contributed by atoms with Crippen LogP contribution in [0.4, 0.5) is 18.9 Å². The van der Waals surface area contributed by atoms with Crippen LogP contribution >= 0.6 is 0 Å². The zero-order chi connectivity index (χ0) is 24.0. The molecule has 178 valence electrons. The summed E-state index contributed by atoms with van der Waals surface area (Å²) < 4.78 is 72.9. The van der Waals surface area contributed by atoms with E-state index in [0.717, 1.165) is 11.8 Å². The second kappa shape index (κ2) is 8.53. The number of morpholine rings is 1. The van der Waals surface area contributed by atoms with E-state index in [1.54, 1.807) is 29.2 Å². The first-order chi connectivity index (χ1) is 15.4. The van der Waals surface area contributed by atoms with Gasteiger partial charge in [0.25, 0.3) is 5.91 Å². The highest BCUT2D eigenvalue weighted by atomic mass is 32.2. The molecule has 2 aliphatic rings. The van der Waals surface area contributed by atoms with Crippen LogP contribution in [0.5, 0.6) is 5.75 Å². The number of halogens is 3. The third kappa shape index (κ3) is 5.09. The molecule has 11 heteroatoms. The van der Waals surface area contributed by atoms with Crippen LogP contribution in [-0.4, -0.2) is 57.6 Å². The first kappa shape index (κ1) is 23.4. The number of hydrogen-bond acceptors (Lipinski definition) is 5. The van der Waals surface area contributed by atoms with Crippen molar-refractivity contribution < 1.29 is 35.9 Å². The molecule has 4 rings (SSSR count). The summed E-state index contributed by atoms with van der Waals surface area (Å²) in [6.45, 7) is 2.53. The van der Waals surface area contributed by atoms with Crippen LogP contribution in [0.3, 0.4) is 0 Å². The van der Waals surface area contributed by atoms with E-state index in [0.29, 0.717) is 29.8 Å². The summed E-state index contributed by atoms with van der Waals surface area (Å²) in [5, 5.41) is 0. The van der Waals surface area contributed by atoms with Crippen molar-refractivity contribution in [2.24, 2.45) is 0 Å². The summed E-state index contributed by atoms with van der Waals surface area (Å²) in [6, 6.07) is 10.2. The Bertz CT molecular complexity index is 1170. The number of hydrogen-bond donors (Lipinski definition) is 0. The lowest BCUT2D eigenvalue weighted by Crippen LogP contribution is -2.42. The summed E-state index contributed by atoms with van der Waals surface area (Å²) in [6.07, 6.45) is -3.75. The molecule has 2 atom stereocenters. The SMILES string of the molecule is CC1Cc2cc(C(=O)N3CCOC(c4cccc(OC(F)(F)F)c4)C3)ccc2N1S(C)(=O)=O. The number of fused-ring (bicyclic) bond motifs is 1. The maximum atomic E-state index is 13.2. The van der Waals surface area contributed by atoms with Crippen LogP contribution in [0.2, 0.25) is 0 Å². The number of sulfonamides is 1. The maximum absolute atomic E-state index is 13.2. The van der Waals surface area contributed by atoms with Gasteiger partial charge in [0.15, 0.2) is 0 Å². The van der Waals surface area contributed by atoms with Crippen LogP contribution in [0.1, 0.15) is 34.5 Å². The first-order valence-corrected chi connectivity index (χ1v) is 12.2. The zero-order valence-electron chi connectivity index (χ0n) is 18.0. The molecular weight excluding hydrogens is 461 g/mol. The molecule has 7 nitrogen and oxygen atoms in total. The lowest BCUT2D eigenvalue weighted by atomic mass is 10.0. The second-order valence-corrected chi connectivity index (χ2v) is 10.0. The molecule has 1 saturated heterocycles. The number of ether oxygens (including phenoxy) is 2. The molecule has 0 bridgehead atoms. The van der Waals surface area contributed by atoms with Gasteiger partial charge in [0, 0.05) is 18.2 Å². The van der Waals surface area contributed by atoms with E-state index in [9.17, 15) is 26.4 Å². The van der Waals surface area contributed by atoms with Crippen molar-refractivity contribution in [1.82, 2.24) is 4.90 Å². The minimum atomic E-state index is -4.80. The second-order valence-electron chi connectivity index (χ2n) is 8.19. The molecular formula is C22H23F3N2O5S. The lowest BCUT2D eigenvalue weighted by molar-refractivity contribution is -0.274. The lowest BCUT2D eigenvalue weighted by Gasteiger charge is -2.33. The van der Waals surface area contributed by atoms with E-state index in [4.69, 9.17) is 4.74 Å². The normalized spacial score (nSPS) is 21.1. The number of carbonyl (C=O) groups excluding carboxylic acids is 1. The molecule has 2 aromatic carbocycles. The Labute approximate surface area is 189 Å². The summed E-state index contributed by atoms with van der Waals surface area (Å²) in [5.41, 5.74) is 2.25. The van der Waals surface area contributed by atoms with Crippen molar-refractivity contribution in [3.05, 3.63) is 59.2 Å². The Balaban J connectivity index is 1.51. The predicted octanol–water partition coefficient (Wildman–Crippen LogP) is 3.51. The Morgan fingerprint density at radius 2 is 1.94 bits per heavy atom. The first-order valence-electron chi connectivity index (χ1n) is 10.3. The largest absolute Gasteiger partial charge is 0.573 e. The average Bonchev–Trinajstić information content (AvgIpc) is 3.07. The van der Waals surface area contributed by atoms with Crippen molar-refractivity contribution in [3.63, 3.8) is 0 Å². The number of benzene rings is 2. The summed E-state index contributed by atoms with van der Waals surface area (Å²) in [4.78, 5) is 14.7. The highest BCUT2D eigenvalue weighted by Crippen LogP contribution is 2.35. The fraction of sp³-hybridized carbons (Fsp3) is 0.409. The van der Waals surface area contributed by atoms with Gasteiger partial charge in [0.2, 0.25) is 10.0 Å². The summed E-state index contributed by atoms with van der Waals surface area (Å²) in [5.74, 6) is -0.602. The number of nitrogens with zero attached hydrogens (tertiary/aromatic N) is 2. The fourth-order valence-electron chi connectivity index (χ4n) is 4.37. The van der Waals surface area contributed by atoms with Gasteiger partial charge < -0.3 is 14.4 Å². The predicted molar refractivity (Wildman–Crippen MR) is 115 cm³/mol. The van der Waals surface area contributed by atoms with Crippen LogP contribution in [-0.2, 0) is 21.2 Å². The van der Waals surface area contributed by atoms with E-state index in [1.165, 1.54) is 22.5 Å². The molecule has 2 unspecified atom stereocenters. The standard InChI is InChI=1S/C22H23F3N2O5S/c1-14-10-17-11-16(6-7-19(17)27(14)33(2,29)30)21(28)26-8-9-31-20(13-26)15-4-3-5-18(12-15)32-22(23,24)25/h3-7,11-12,14,20H,8-10,13H2,1-2H3. The van der Waals surface area contributed by atoms with E-state index in [-0.39, 0.29) is 30.9 Å². The molecule has 0 radical (unpaired) electrons. The van der Waals surface area contributed by atoms with E-state index < -0.39 is 22.5 Å². The topological polar surface area (TPSA) is 76.2 Å². The van der Waals surface area contributed by atoms with Gasteiger partial charge in [-0.15, -0.1) is 13.2 Å². The highest BCUT2D eigenvalue weighted by molar-refractivity contribution is 7.92. The highest BCUT2D eigenvalue weighted by Gasteiger charge is 2.34. The van der Waals surface area contributed by atoms with E-state index >= 15 is 0 Å². The fourth-order valence-corrected chi connectivity index (χ4v) is 5.63. The van der Waals surface area contributed by atoms with Crippen molar-refractivity contribution in [1.29, 1.82) is 0 Å². The molecule has 2 aromatic rings. The number of amides is 1. The minimum Gasteiger partial charge on any atom is -0.406 e. The van der Waals surface area contributed by atoms with Crippen molar-refractivity contribution in [3.8, 4) is 5.75 Å². The third-order valence-corrected chi connectivity index (χ3v) is 6.93. The van der Waals surface area contributed by atoms with Gasteiger partial charge in [0.05, 0.1) is 25.1 Å². The van der Waals surface area contributed by atoms with Gasteiger partial charge in [-0.3, -0.25) is 9.10 Å². The Hall–Kier alpha value is -2.79. The summed E-state index contributed by atoms with van der Waals surface area (Å²) >= 11 is 0. The molecule has 33 heavy (non-hydrogen) atoms. The number of alkyl halides is 3. The quantitative estimate of drug-likeness (QED) is 0.664. The molecule has 0 aliphatic carbocycles. The summed E-state index contributed by atoms with van der Waals surface area (Å²) in [7, 11) is -3.43. The van der Waals surface area contributed by atoms with Crippen molar-refractivity contribution >= 4 is 21.6 Å². The van der Waals surface area contributed by atoms with E-state index in [2.05, 4.69) is 4.74 Å². The van der Waals surface area contributed by atoms with Crippen molar-refractivity contribution in [2.45, 2.75) is 31.9 Å². The molecule has 0 spiro atoms. The Morgan fingerprint density at radius 3 is 2.64 bits per heavy atom. The van der Waals surface area contributed by atoms with Gasteiger partial charge >= 0.3 is 6.36 Å². The van der Waals surface area contributed by atoms with Crippen LogP contribution < -0.4 is 9.04 Å². The van der Waals surface area contributed by atoms with Crippen LogP contribution in [0.15, 0.2) is 42.5 Å². The van der Waals surface area contributed by atoms with Crippen molar-refractivity contribution in [2.75, 3.05) is 30.3 Å². The number of rotatable bonds is 4. The molecule has 0 aromatic heterocycles. The number of carbonyl (C=O) groups is 1. The number of anilines is 1. The maximum Gasteiger partial charge on any atom is 0.573 e. The molecule has 1 amide bonds. The molecule has 0 saturated carbocycles. The van der Waals surface area contributed by atoms with Gasteiger partial charge in [-0.2, -0.15) is 0 Å². The van der Waals surface area contributed by atoms with Gasteiger partial charge in [-0.1, -0.05) is 12.1 Å². The van der Waals surface area contributed by atoms with Crippen LogP contribution in [0.25, 0.3) is 0 Å². The smallest absolute Gasteiger partial charge is 0.406 e. The Kier molecular flexibility index (Phi) is 6.04. The molecule has 2 heterocycles. The minimum absolute atomic E-state index is 0.164. The average molecular weight is 484 g/mol. The molecule has 1 fully saturated rings. The third-order valence-electron chi connectivity index (χ3n) is 5.65. The van der Waals surface area contributed by atoms with E-state index in [1.807, 2.05) is 6.92 Å². The zero-order valence-corrected chi connectivity index (χ0v) is 18.8. The van der Waals surface area contributed by atoms with Gasteiger partial charge in [-0.05, 0) is 54.8 Å². The Morgan fingerprint density at radius 1 is 1.18 bits per heavy atom. The van der Waals surface area contributed by atoms with Gasteiger partial charge in [0.1, 0.15) is 11.9 Å². The molecule has 2 aliphatic heterocycles. The monoisotopic (exact) mass is 484 g/mol. The van der Waals surface area contributed by atoms with Gasteiger partial charge in [-0.25, -0.2) is 8.42 Å². The van der Waals surface area contributed by atoms with Crippen LogP contribution in [0, 0.1) is 0 Å². The molecule has 0 N–H and O–H groups in total.